The van der Waals surface area contributed by atoms with Gasteiger partial charge >= 0.3 is 0 Å². The van der Waals surface area contributed by atoms with E-state index in [4.69, 9.17) is 15.0 Å². The number of fused-ring (bicyclic) bond motifs is 6. The summed E-state index contributed by atoms with van der Waals surface area (Å²) in [5.41, 5.74) is 9.90. The van der Waals surface area contributed by atoms with Crippen LogP contribution in [0.15, 0.2) is 182 Å². The highest BCUT2D eigenvalue weighted by atomic mass is 15.3. The predicted molar refractivity (Wildman–Crippen MR) is 229 cm³/mol. The van der Waals surface area contributed by atoms with Crippen LogP contribution in [0.4, 0.5) is 0 Å². The van der Waals surface area contributed by atoms with Crippen LogP contribution in [0, 0.1) is 5.92 Å². The Morgan fingerprint density at radius 2 is 0.625 bits per heavy atom. The second-order valence-corrected chi connectivity index (χ2v) is 15.5. The summed E-state index contributed by atoms with van der Waals surface area (Å²) in [6.45, 7) is 0. The van der Waals surface area contributed by atoms with Gasteiger partial charge in [0.15, 0.2) is 0 Å². The molecule has 3 saturated heterocycles. The Kier molecular flexibility index (Phi) is 8.03. The molecule has 0 unspecified atom stereocenters. The van der Waals surface area contributed by atoms with Crippen molar-refractivity contribution in [2.24, 2.45) is 5.92 Å². The van der Waals surface area contributed by atoms with Gasteiger partial charge in [-0.2, -0.15) is 0 Å². The summed E-state index contributed by atoms with van der Waals surface area (Å²) in [6.07, 6.45) is 3.18. The van der Waals surface area contributed by atoms with E-state index >= 15 is 0 Å². The minimum atomic E-state index is 0.110. The highest BCUT2D eigenvalue weighted by Gasteiger charge is 2.48. The molecule has 3 aromatic heterocycles. The lowest BCUT2D eigenvalue weighted by atomic mass is 9.72. The number of rotatable bonds is 6. The van der Waals surface area contributed by atoms with E-state index in [0.29, 0.717) is 5.92 Å². The van der Waals surface area contributed by atoms with Gasteiger partial charge in [-0.05, 0) is 93.9 Å². The minimum Gasteiger partial charge on any atom is -0.278 e. The predicted octanol–water partition coefficient (Wildman–Crippen LogP) is 13.0. The molecule has 3 aliphatic heterocycles. The lowest BCUT2D eigenvalue weighted by Gasteiger charge is -2.54. The summed E-state index contributed by atoms with van der Waals surface area (Å²) >= 11 is 0. The molecule has 6 heterocycles. The monoisotopic (exact) mass is 720 g/mol. The van der Waals surface area contributed by atoms with Crippen LogP contribution in [0.1, 0.15) is 54.5 Å². The zero-order chi connectivity index (χ0) is 37.0. The second kappa shape index (κ2) is 13.7. The Morgan fingerprint density at radius 3 is 0.982 bits per heavy atom. The van der Waals surface area contributed by atoms with Crippen molar-refractivity contribution >= 4 is 32.3 Å². The van der Waals surface area contributed by atoms with Crippen molar-refractivity contribution in [1.82, 2.24) is 19.9 Å². The van der Waals surface area contributed by atoms with Gasteiger partial charge in [-0.1, -0.05) is 146 Å². The fourth-order valence-electron chi connectivity index (χ4n) is 9.78. The zero-order valence-corrected chi connectivity index (χ0v) is 31.0. The van der Waals surface area contributed by atoms with Crippen molar-refractivity contribution < 1.29 is 0 Å². The number of aromatic nitrogens is 3. The van der Waals surface area contributed by atoms with Crippen LogP contribution in [0.3, 0.4) is 0 Å². The Labute approximate surface area is 327 Å². The molecule has 4 heteroatoms. The highest BCUT2D eigenvalue weighted by molar-refractivity contribution is 5.97. The first-order valence-electron chi connectivity index (χ1n) is 19.9. The molecular weight excluding hydrogens is 681 g/mol. The van der Waals surface area contributed by atoms with Crippen LogP contribution in [0.25, 0.3) is 66.1 Å². The van der Waals surface area contributed by atoms with Crippen molar-refractivity contribution in [2.75, 3.05) is 0 Å². The molecule has 2 bridgehead atoms. The maximum Gasteiger partial charge on any atom is 0.0712 e. The molecule has 0 radical (unpaired) electrons. The zero-order valence-electron chi connectivity index (χ0n) is 31.0. The summed E-state index contributed by atoms with van der Waals surface area (Å²) in [6, 6.07) is 65.6. The van der Waals surface area contributed by atoms with Crippen LogP contribution < -0.4 is 0 Å². The van der Waals surface area contributed by atoms with Crippen LogP contribution in [-0.2, 0) is 0 Å². The van der Waals surface area contributed by atoms with Crippen LogP contribution in [-0.4, -0.2) is 19.9 Å². The van der Waals surface area contributed by atoms with Gasteiger partial charge in [-0.25, -0.2) is 0 Å². The van der Waals surface area contributed by atoms with Crippen molar-refractivity contribution in [1.29, 1.82) is 0 Å². The van der Waals surface area contributed by atoms with Gasteiger partial charge < -0.3 is 0 Å². The first kappa shape index (κ1) is 32.9. The summed E-state index contributed by atoms with van der Waals surface area (Å²) in [4.78, 5) is 19.3. The van der Waals surface area contributed by atoms with Crippen molar-refractivity contribution in [3.8, 4) is 33.8 Å². The van der Waals surface area contributed by atoms with Gasteiger partial charge in [0.1, 0.15) is 0 Å². The molecule has 3 fully saturated rings. The van der Waals surface area contributed by atoms with E-state index in [9.17, 15) is 0 Å². The van der Waals surface area contributed by atoms with Crippen LogP contribution >= 0.6 is 0 Å². The quantitative estimate of drug-likeness (QED) is 0.171. The summed E-state index contributed by atoms with van der Waals surface area (Å²) in [5.74, 6) is 0.494. The normalized spacial score (nSPS) is 20.5. The van der Waals surface area contributed by atoms with Crippen LogP contribution in [0.5, 0.6) is 0 Å². The van der Waals surface area contributed by atoms with Gasteiger partial charge in [-0.3, -0.25) is 19.9 Å². The Bertz CT molecular complexity index is 2580. The Balaban J connectivity index is 1.04. The summed E-state index contributed by atoms with van der Waals surface area (Å²) < 4.78 is 0. The largest absolute Gasteiger partial charge is 0.278 e. The van der Waals surface area contributed by atoms with Gasteiger partial charge in [0, 0.05) is 16.7 Å². The van der Waals surface area contributed by atoms with E-state index in [1.165, 1.54) is 49.0 Å². The van der Waals surface area contributed by atoms with E-state index in [0.717, 1.165) is 53.4 Å². The van der Waals surface area contributed by atoms with Gasteiger partial charge in [0.25, 0.3) is 0 Å². The molecule has 0 spiro atoms. The Hall–Kier alpha value is -6.49. The molecule has 9 aromatic rings. The molecule has 56 heavy (non-hydrogen) atoms. The van der Waals surface area contributed by atoms with E-state index in [1.54, 1.807) is 0 Å². The SMILES string of the molecule is c1cc(-c2cccc3ccccc23)nc([C@@H]2CC3C[C@@H](c4cccc(-c5cccc6ccccc56)n4)N2[C@H](c2cccc(-c4cccc5ccccc45)n2)C3)c1. The molecular formula is C52H40N4. The number of hydrogen-bond acceptors (Lipinski definition) is 4. The molecule has 0 aliphatic carbocycles. The molecule has 0 amide bonds. The molecule has 6 aromatic carbocycles. The lowest BCUT2D eigenvalue weighted by molar-refractivity contribution is -0.0595. The maximum absolute atomic E-state index is 5.51. The molecule has 3 atom stereocenters. The molecule has 3 aliphatic rings. The third-order valence-corrected chi connectivity index (χ3v) is 12.3. The summed E-state index contributed by atoms with van der Waals surface area (Å²) in [7, 11) is 0. The number of hydrogen-bond donors (Lipinski definition) is 0. The first-order chi connectivity index (χ1) is 27.7. The van der Waals surface area contributed by atoms with E-state index in [2.05, 4.69) is 187 Å². The molecule has 0 saturated carbocycles. The smallest absolute Gasteiger partial charge is 0.0712 e. The van der Waals surface area contributed by atoms with E-state index in [-0.39, 0.29) is 18.1 Å². The third-order valence-electron chi connectivity index (χ3n) is 12.3. The van der Waals surface area contributed by atoms with Gasteiger partial charge in [0.2, 0.25) is 0 Å². The fourth-order valence-corrected chi connectivity index (χ4v) is 9.78. The average Bonchev–Trinajstić information content (AvgIpc) is 3.28. The molecule has 268 valence electrons. The average molecular weight is 721 g/mol. The number of piperidine rings is 3. The lowest BCUT2D eigenvalue weighted by Crippen LogP contribution is -2.48. The minimum absolute atomic E-state index is 0.110. The van der Waals surface area contributed by atoms with Crippen molar-refractivity contribution in [2.45, 2.75) is 37.4 Å². The third kappa shape index (κ3) is 5.68. The standard InChI is InChI=1S/C52H40N4/c1-4-19-38-35(13-1)16-7-22-41(38)44-25-10-28-47(53-44)50-31-34-32-51(48-29-11-26-45(54-48)42-23-8-17-36-14-2-5-20-39(36)42)56(50)52(33-34)49-30-12-27-46(55-49)43-24-9-18-37-15-3-6-21-40(37)43/h1-30,34,50-52H,31-33H2/t50-,51-,52-/m0/s1. The van der Waals surface area contributed by atoms with E-state index < -0.39 is 0 Å². The first-order valence-corrected chi connectivity index (χ1v) is 19.9. The molecule has 12 rings (SSSR count). The highest BCUT2D eigenvalue weighted by Crippen LogP contribution is 2.56. The Morgan fingerprint density at radius 1 is 0.321 bits per heavy atom. The van der Waals surface area contributed by atoms with Crippen LogP contribution in [0.2, 0.25) is 0 Å². The number of pyridine rings is 3. The van der Waals surface area contributed by atoms with Gasteiger partial charge in [-0.15, -0.1) is 0 Å². The number of nitrogens with zero attached hydrogens (tertiary/aromatic N) is 4. The van der Waals surface area contributed by atoms with Crippen molar-refractivity contribution in [3.63, 3.8) is 0 Å². The molecule has 0 N–H and O–H groups in total. The second-order valence-electron chi connectivity index (χ2n) is 15.5. The topological polar surface area (TPSA) is 41.9 Å². The van der Waals surface area contributed by atoms with Crippen molar-refractivity contribution in [3.05, 3.63) is 199 Å². The maximum atomic E-state index is 5.51. The fraction of sp³-hybridized carbons (Fsp3) is 0.135. The van der Waals surface area contributed by atoms with Gasteiger partial charge in [0.05, 0.1) is 52.3 Å². The van der Waals surface area contributed by atoms with E-state index in [1.807, 2.05) is 0 Å². The number of benzene rings is 6. The summed E-state index contributed by atoms with van der Waals surface area (Å²) in [5, 5.41) is 7.37. The molecule has 4 nitrogen and oxygen atoms in total.